The van der Waals surface area contributed by atoms with Gasteiger partial charge >= 0.3 is 5.97 Å². The number of ether oxygens (including phenoxy) is 1. The number of rotatable bonds is 8. The Balaban J connectivity index is 2.19. The van der Waals surface area contributed by atoms with Gasteiger partial charge in [0.2, 0.25) is 35.4 Å². The number of hydrogen-bond acceptors (Lipinski definition) is 12. The Morgan fingerprint density at radius 2 is 1.51 bits per heavy atom. The second-order valence-corrected chi connectivity index (χ2v) is 17.6. The first-order valence-electron chi connectivity index (χ1n) is 20.9. The van der Waals surface area contributed by atoms with Crippen molar-refractivity contribution < 1.29 is 53.3 Å². The topological polar surface area (TPSA) is 248 Å². The molecule has 0 bridgehead atoms. The van der Waals surface area contributed by atoms with Crippen molar-refractivity contribution in [3.63, 3.8) is 0 Å². The van der Waals surface area contributed by atoms with E-state index < -0.39 is 120 Å². The zero-order chi connectivity index (χ0) is 46.2. The molecule has 3 rings (SSSR count). The minimum Gasteiger partial charge on any atom is -0.505 e. The van der Waals surface area contributed by atoms with Gasteiger partial charge in [0.15, 0.2) is 5.69 Å². The Labute approximate surface area is 358 Å². The van der Waals surface area contributed by atoms with Crippen molar-refractivity contribution in [3.8, 4) is 5.75 Å². The number of hydrogen-bond donors (Lipinski definition) is 5. The molecule has 2 saturated heterocycles. The van der Waals surface area contributed by atoms with Crippen LogP contribution in [0, 0.1) is 23.7 Å². The number of nitrogens with zero attached hydrogens (tertiary/aromatic N) is 5. The molecular formula is C42H66N8O11. The maximum atomic E-state index is 14.4. The van der Waals surface area contributed by atoms with Gasteiger partial charge in [-0.1, -0.05) is 48.5 Å². The van der Waals surface area contributed by atoms with Crippen LogP contribution in [0.4, 0.5) is 0 Å². The fourth-order valence-electron chi connectivity index (χ4n) is 7.57. The number of likely N-dealkylation sites (N-methyl/N-ethyl adjacent to an activating group) is 3. The number of cyclic esters (lactones) is 1. The molecule has 340 valence electrons. The number of nitrogens with one attached hydrogen (secondary N) is 3. The lowest BCUT2D eigenvalue weighted by molar-refractivity contribution is -0.161. The minimum absolute atomic E-state index is 0.0477. The van der Waals surface area contributed by atoms with Gasteiger partial charge in [-0.25, -0.2) is 9.78 Å². The number of esters is 1. The van der Waals surface area contributed by atoms with E-state index in [2.05, 4.69) is 20.9 Å². The summed E-state index contributed by atoms with van der Waals surface area (Å²) in [4.78, 5) is 121. The van der Waals surface area contributed by atoms with Crippen LogP contribution in [0.5, 0.6) is 5.75 Å². The Hall–Kier alpha value is -5.33. The van der Waals surface area contributed by atoms with Gasteiger partial charge in [-0.2, -0.15) is 0 Å². The van der Waals surface area contributed by atoms with E-state index in [1.54, 1.807) is 20.8 Å². The summed E-state index contributed by atoms with van der Waals surface area (Å²) in [7, 11) is 4.17. The van der Waals surface area contributed by atoms with E-state index in [0.717, 1.165) is 14.7 Å². The van der Waals surface area contributed by atoms with Gasteiger partial charge in [-0.05, 0) is 62.5 Å². The number of pyridine rings is 1. The standard InChI is InChI=1S/C42H66N8O11/c1-21(2)16-28-40(58)50-19-27(51)18-29(50)41(59)47(10)20-32(53)49(12)35(24(7)23(5)6)38(56)44-25(8)39(57)48(11)30(17-22(3)4)42(60)61-26(9)33(36(54)45-28)46-37(55)34-31(52)14-13-15-43-34/h13-15,21-30,33,35,51-52H,16-20H2,1-12H3,(H,44,56)(H,45,54)(H,46,55)/t24-,25+,26-,27-,28-,29-,30+,33+,35+/m1/s1. The summed E-state index contributed by atoms with van der Waals surface area (Å²) in [6.45, 7) is 14.8. The Morgan fingerprint density at radius 3 is 2.08 bits per heavy atom. The van der Waals surface area contributed by atoms with Gasteiger partial charge in [0, 0.05) is 40.3 Å². The molecule has 19 heteroatoms. The molecule has 0 saturated carbocycles. The number of carbonyl (C=O) groups excluding carboxylic acids is 8. The van der Waals surface area contributed by atoms with Crippen molar-refractivity contribution in [1.29, 1.82) is 0 Å². The molecule has 0 spiro atoms. The summed E-state index contributed by atoms with van der Waals surface area (Å²) < 4.78 is 5.85. The fourth-order valence-corrected chi connectivity index (χ4v) is 7.57. The average Bonchev–Trinajstić information content (AvgIpc) is 3.57. The van der Waals surface area contributed by atoms with E-state index >= 15 is 0 Å². The van der Waals surface area contributed by atoms with Crippen LogP contribution >= 0.6 is 0 Å². The van der Waals surface area contributed by atoms with Gasteiger partial charge < -0.3 is 50.5 Å². The first-order valence-corrected chi connectivity index (χ1v) is 20.9. The first kappa shape index (κ1) is 50.0. The van der Waals surface area contributed by atoms with Crippen molar-refractivity contribution >= 4 is 47.3 Å². The van der Waals surface area contributed by atoms with E-state index in [4.69, 9.17) is 4.74 Å². The summed E-state index contributed by atoms with van der Waals surface area (Å²) in [6.07, 6.45) is -1.33. The van der Waals surface area contributed by atoms with E-state index in [-0.39, 0.29) is 43.6 Å². The van der Waals surface area contributed by atoms with Crippen LogP contribution in [0.2, 0.25) is 0 Å². The zero-order valence-corrected chi connectivity index (χ0v) is 37.5. The maximum absolute atomic E-state index is 14.4. The normalized spacial score (nSPS) is 27.7. The van der Waals surface area contributed by atoms with Crippen LogP contribution in [0.3, 0.4) is 0 Å². The summed E-state index contributed by atoms with van der Waals surface area (Å²) in [5.41, 5.74) is -0.438. The third kappa shape index (κ3) is 12.6. The van der Waals surface area contributed by atoms with Crippen LogP contribution < -0.4 is 16.0 Å². The van der Waals surface area contributed by atoms with Crippen molar-refractivity contribution in [1.82, 2.24) is 40.5 Å². The highest BCUT2D eigenvalue weighted by Gasteiger charge is 2.45. The number of fused-ring (bicyclic) bond motifs is 1. The molecular weight excluding hydrogens is 793 g/mol. The lowest BCUT2D eigenvalue weighted by Crippen LogP contribution is -2.61. The second-order valence-electron chi connectivity index (χ2n) is 17.6. The molecule has 1 aromatic heterocycles. The summed E-state index contributed by atoms with van der Waals surface area (Å²) in [6, 6.07) is -5.15. The first-order chi connectivity index (χ1) is 28.4. The van der Waals surface area contributed by atoms with Crippen molar-refractivity contribution in [2.24, 2.45) is 23.7 Å². The molecule has 0 aliphatic carbocycles. The monoisotopic (exact) mass is 858 g/mol. The molecule has 1 aromatic rings. The van der Waals surface area contributed by atoms with E-state index in [1.165, 1.54) is 58.2 Å². The van der Waals surface area contributed by atoms with Crippen LogP contribution in [0.1, 0.15) is 92.1 Å². The molecule has 0 unspecified atom stereocenters. The van der Waals surface area contributed by atoms with E-state index in [9.17, 15) is 48.6 Å². The minimum atomic E-state index is -1.70. The molecule has 2 fully saturated rings. The summed E-state index contributed by atoms with van der Waals surface area (Å²) in [5, 5.41) is 29.0. The molecule has 5 N–H and O–H groups in total. The van der Waals surface area contributed by atoms with Gasteiger partial charge in [0.1, 0.15) is 48.1 Å². The van der Waals surface area contributed by atoms with Crippen LogP contribution in [0.15, 0.2) is 18.3 Å². The summed E-state index contributed by atoms with van der Waals surface area (Å²) >= 11 is 0. The molecule has 2 aliphatic heterocycles. The Bertz CT molecular complexity index is 1790. The number of aliphatic hydroxyl groups is 1. The smallest absolute Gasteiger partial charge is 0.329 e. The molecule has 2 aliphatic rings. The van der Waals surface area contributed by atoms with Crippen LogP contribution in [-0.4, -0.2) is 165 Å². The predicted molar refractivity (Wildman–Crippen MR) is 222 cm³/mol. The van der Waals surface area contributed by atoms with Crippen molar-refractivity contribution in [2.75, 3.05) is 34.2 Å². The Kier molecular flexibility index (Phi) is 17.6. The number of aliphatic hydroxyl groups excluding tert-OH is 1. The van der Waals surface area contributed by atoms with Gasteiger partial charge in [0.25, 0.3) is 5.91 Å². The SMILES string of the molecule is CC(C)C[C@H]1NC(=O)[C@@H](NC(=O)c2ncccc2O)[C@@H](C)OC(=O)[C@H](CC(C)C)N(C)C(=O)[C@H](C)NC(=O)[C@H]([C@H](C)C(C)C)N(C)C(=O)CN(C)C(=O)[C@H]2C[C@@H](O)CN2C1=O. The number of carbonyl (C=O) groups is 8. The fraction of sp³-hybridized carbons (Fsp3) is 0.690. The lowest BCUT2D eigenvalue weighted by atomic mass is 9.88. The highest BCUT2D eigenvalue weighted by atomic mass is 16.5. The van der Waals surface area contributed by atoms with Crippen LogP contribution in [-0.2, 0) is 38.3 Å². The predicted octanol–water partition coefficient (Wildman–Crippen LogP) is 0.279. The average molecular weight is 859 g/mol. The molecule has 9 atom stereocenters. The van der Waals surface area contributed by atoms with Crippen molar-refractivity contribution in [2.45, 2.75) is 130 Å². The highest BCUT2D eigenvalue weighted by Crippen LogP contribution is 2.25. The summed E-state index contributed by atoms with van der Waals surface area (Å²) in [5.74, 6) is -7.60. The van der Waals surface area contributed by atoms with Crippen molar-refractivity contribution in [3.05, 3.63) is 24.0 Å². The Morgan fingerprint density at radius 1 is 0.885 bits per heavy atom. The highest BCUT2D eigenvalue weighted by molar-refractivity contribution is 6.00. The van der Waals surface area contributed by atoms with Gasteiger partial charge in [-0.15, -0.1) is 0 Å². The maximum Gasteiger partial charge on any atom is 0.329 e. The molecule has 0 aromatic carbocycles. The number of aromatic hydroxyl groups is 1. The molecule has 19 nitrogen and oxygen atoms in total. The molecule has 3 heterocycles. The molecule has 0 radical (unpaired) electrons. The second kappa shape index (κ2) is 21.5. The third-order valence-electron chi connectivity index (χ3n) is 11.4. The number of amides is 7. The molecule has 61 heavy (non-hydrogen) atoms. The largest absolute Gasteiger partial charge is 0.505 e. The number of aromatic nitrogens is 1. The van der Waals surface area contributed by atoms with Gasteiger partial charge in [-0.3, -0.25) is 33.6 Å². The van der Waals surface area contributed by atoms with E-state index in [1.807, 2.05) is 27.7 Å². The van der Waals surface area contributed by atoms with Gasteiger partial charge in [0.05, 0.1) is 12.6 Å². The zero-order valence-electron chi connectivity index (χ0n) is 37.5. The third-order valence-corrected chi connectivity index (χ3v) is 11.4. The lowest BCUT2D eigenvalue weighted by Gasteiger charge is -2.37. The molecule has 7 amide bonds. The van der Waals surface area contributed by atoms with E-state index in [0.29, 0.717) is 0 Å². The quantitative estimate of drug-likeness (QED) is 0.221. The van der Waals surface area contributed by atoms with Crippen LogP contribution in [0.25, 0.3) is 0 Å².